The molecule has 0 aliphatic carbocycles. The maximum atomic E-state index is 12.1. The standard InChI is InChI=1S/C20H23NO4/c1-3-15-5-9-17(10-6-15)20(23)21-13-16-7-11-18(12-8-16)25-14-19(22)24-4-2/h5-12H,3-4,13-14H2,1-2H3,(H,21,23). The molecule has 25 heavy (non-hydrogen) atoms. The summed E-state index contributed by atoms with van der Waals surface area (Å²) in [5, 5.41) is 2.89. The van der Waals surface area contributed by atoms with Crippen molar-refractivity contribution in [2.24, 2.45) is 0 Å². The van der Waals surface area contributed by atoms with E-state index >= 15 is 0 Å². The SMILES string of the molecule is CCOC(=O)COc1ccc(CNC(=O)c2ccc(CC)cc2)cc1. The molecule has 5 nitrogen and oxygen atoms in total. The van der Waals surface area contributed by atoms with Gasteiger partial charge in [0.05, 0.1) is 6.61 Å². The molecular formula is C20H23NO4. The van der Waals surface area contributed by atoms with E-state index < -0.39 is 5.97 Å². The van der Waals surface area contributed by atoms with Crippen molar-refractivity contribution in [3.05, 3.63) is 65.2 Å². The van der Waals surface area contributed by atoms with Crippen LogP contribution in [0.4, 0.5) is 0 Å². The molecule has 2 rings (SSSR count). The second-order valence-electron chi connectivity index (χ2n) is 5.47. The molecule has 0 spiro atoms. The number of nitrogens with one attached hydrogen (secondary N) is 1. The molecule has 0 fully saturated rings. The lowest BCUT2D eigenvalue weighted by molar-refractivity contribution is -0.145. The normalized spacial score (nSPS) is 10.2. The van der Waals surface area contributed by atoms with Crippen LogP contribution >= 0.6 is 0 Å². The second kappa shape index (κ2) is 9.47. The van der Waals surface area contributed by atoms with E-state index in [1.54, 1.807) is 19.1 Å². The summed E-state index contributed by atoms with van der Waals surface area (Å²) in [6.07, 6.45) is 0.951. The van der Waals surface area contributed by atoms with Crippen LogP contribution in [0.15, 0.2) is 48.5 Å². The Morgan fingerprint density at radius 2 is 1.56 bits per heavy atom. The van der Waals surface area contributed by atoms with Crippen LogP contribution in [0, 0.1) is 0 Å². The van der Waals surface area contributed by atoms with Gasteiger partial charge in [0.1, 0.15) is 5.75 Å². The van der Waals surface area contributed by atoms with Crippen LogP contribution in [0.2, 0.25) is 0 Å². The fourth-order valence-electron chi connectivity index (χ4n) is 2.22. The predicted octanol–water partition coefficient (Wildman–Crippen LogP) is 3.12. The van der Waals surface area contributed by atoms with Crippen LogP contribution in [0.25, 0.3) is 0 Å². The van der Waals surface area contributed by atoms with E-state index in [9.17, 15) is 9.59 Å². The lowest BCUT2D eigenvalue weighted by Crippen LogP contribution is -2.22. The summed E-state index contributed by atoms with van der Waals surface area (Å²) in [6, 6.07) is 14.8. The number of aryl methyl sites for hydroxylation is 1. The number of ether oxygens (including phenoxy) is 2. The number of benzene rings is 2. The fraction of sp³-hybridized carbons (Fsp3) is 0.300. The minimum absolute atomic E-state index is 0.106. The number of rotatable bonds is 8. The molecule has 0 saturated carbocycles. The van der Waals surface area contributed by atoms with Crippen LogP contribution in [-0.4, -0.2) is 25.1 Å². The first-order valence-corrected chi connectivity index (χ1v) is 8.37. The molecule has 0 aliphatic rings. The Kier molecular flexibility index (Phi) is 7.01. The van der Waals surface area contributed by atoms with E-state index in [1.165, 1.54) is 5.56 Å². The molecule has 0 radical (unpaired) electrons. The van der Waals surface area contributed by atoms with E-state index in [-0.39, 0.29) is 12.5 Å². The quantitative estimate of drug-likeness (QED) is 0.749. The van der Waals surface area contributed by atoms with Crippen molar-refractivity contribution in [1.82, 2.24) is 5.32 Å². The summed E-state index contributed by atoms with van der Waals surface area (Å²) in [7, 11) is 0. The molecule has 5 heteroatoms. The number of esters is 1. The van der Waals surface area contributed by atoms with Gasteiger partial charge >= 0.3 is 5.97 Å². The number of amides is 1. The molecule has 1 amide bonds. The van der Waals surface area contributed by atoms with Crippen molar-refractivity contribution < 1.29 is 19.1 Å². The fourth-order valence-corrected chi connectivity index (χ4v) is 2.22. The zero-order valence-electron chi connectivity index (χ0n) is 14.6. The Balaban J connectivity index is 1.82. The first-order chi connectivity index (χ1) is 12.1. The third-order valence-electron chi connectivity index (χ3n) is 3.66. The summed E-state index contributed by atoms with van der Waals surface area (Å²) in [5.74, 6) is 0.0801. The van der Waals surface area contributed by atoms with Gasteiger partial charge in [0.15, 0.2) is 6.61 Å². The molecule has 0 saturated heterocycles. The van der Waals surface area contributed by atoms with E-state index in [4.69, 9.17) is 9.47 Å². The number of carbonyl (C=O) groups excluding carboxylic acids is 2. The first kappa shape index (κ1) is 18.5. The molecule has 0 unspecified atom stereocenters. The van der Waals surface area contributed by atoms with E-state index in [0.29, 0.717) is 24.5 Å². The Labute approximate surface area is 148 Å². The van der Waals surface area contributed by atoms with Crippen LogP contribution in [0.3, 0.4) is 0 Å². The minimum Gasteiger partial charge on any atom is -0.482 e. The Hall–Kier alpha value is -2.82. The summed E-state index contributed by atoms with van der Waals surface area (Å²) in [4.78, 5) is 23.4. The van der Waals surface area contributed by atoms with Gasteiger partial charge < -0.3 is 14.8 Å². The van der Waals surface area contributed by atoms with Crippen molar-refractivity contribution in [1.29, 1.82) is 0 Å². The molecule has 2 aromatic rings. The minimum atomic E-state index is -0.395. The molecular weight excluding hydrogens is 318 g/mol. The van der Waals surface area contributed by atoms with Gasteiger partial charge in [0, 0.05) is 12.1 Å². The smallest absolute Gasteiger partial charge is 0.344 e. The van der Waals surface area contributed by atoms with Gasteiger partial charge in [-0.15, -0.1) is 0 Å². The lowest BCUT2D eigenvalue weighted by Gasteiger charge is -2.08. The highest BCUT2D eigenvalue weighted by molar-refractivity contribution is 5.94. The van der Waals surface area contributed by atoms with Crippen LogP contribution in [0.1, 0.15) is 35.3 Å². The molecule has 0 heterocycles. The monoisotopic (exact) mass is 341 g/mol. The molecule has 2 aromatic carbocycles. The zero-order valence-corrected chi connectivity index (χ0v) is 14.6. The summed E-state index contributed by atoms with van der Waals surface area (Å²) >= 11 is 0. The van der Waals surface area contributed by atoms with Gasteiger partial charge in [0.25, 0.3) is 5.91 Å². The Morgan fingerprint density at radius 3 is 2.16 bits per heavy atom. The van der Waals surface area contributed by atoms with Crippen LogP contribution < -0.4 is 10.1 Å². The van der Waals surface area contributed by atoms with Crippen molar-refractivity contribution in [2.45, 2.75) is 26.8 Å². The maximum absolute atomic E-state index is 12.1. The topological polar surface area (TPSA) is 64.6 Å². The summed E-state index contributed by atoms with van der Waals surface area (Å²) < 4.78 is 10.1. The second-order valence-corrected chi connectivity index (χ2v) is 5.47. The van der Waals surface area contributed by atoms with Gasteiger partial charge in [-0.05, 0) is 48.7 Å². The highest BCUT2D eigenvalue weighted by Gasteiger charge is 2.06. The molecule has 0 aromatic heterocycles. The van der Waals surface area contributed by atoms with Crippen LogP contribution in [-0.2, 0) is 22.5 Å². The molecule has 0 atom stereocenters. The summed E-state index contributed by atoms with van der Waals surface area (Å²) in [6.45, 7) is 4.47. The zero-order chi connectivity index (χ0) is 18.1. The number of hydrogen-bond acceptors (Lipinski definition) is 4. The average molecular weight is 341 g/mol. The molecule has 1 N–H and O–H groups in total. The number of hydrogen-bond donors (Lipinski definition) is 1. The first-order valence-electron chi connectivity index (χ1n) is 8.37. The predicted molar refractivity (Wildman–Crippen MR) is 95.6 cm³/mol. The van der Waals surface area contributed by atoms with E-state index in [2.05, 4.69) is 12.2 Å². The third kappa shape index (κ3) is 5.95. The maximum Gasteiger partial charge on any atom is 0.344 e. The molecule has 0 bridgehead atoms. The van der Waals surface area contributed by atoms with Gasteiger partial charge in [-0.25, -0.2) is 4.79 Å². The highest BCUT2D eigenvalue weighted by atomic mass is 16.6. The molecule has 132 valence electrons. The van der Waals surface area contributed by atoms with Crippen LogP contribution in [0.5, 0.6) is 5.75 Å². The van der Waals surface area contributed by atoms with Gasteiger partial charge in [-0.3, -0.25) is 4.79 Å². The van der Waals surface area contributed by atoms with Gasteiger partial charge in [0.2, 0.25) is 0 Å². The van der Waals surface area contributed by atoms with E-state index in [1.807, 2.05) is 36.4 Å². The summed E-state index contributed by atoms with van der Waals surface area (Å²) in [5.41, 5.74) is 2.79. The lowest BCUT2D eigenvalue weighted by atomic mass is 10.1. The Bertz CT molecular complexity index is 693. The van der Waals surface area contributed by atoms with Crippen molar-refractivity contribution >= 4 is 11.9 Å². The highest BCUT2D eigenvalue weighted by Crippen LogP contribution is 2.12. The van der Waals surface area contributed by atoms with Gasteiger partial charge in [-0.2, -0.15) is 0 Å². The largest absolute Gasteiger partial charge is 0.482 e. The third-order valence-corrected chi connectivity index (χ3v) is 3.66. The van der Waals surface area contributed by atoms with Crippen molar-refractivity contribution in [3.8, 4) is 5.75 Å². The van der Waals surface area contributed by atoms with E-state index in [0.717, 1.165) is 12.0 Å². The van der Waals surface area contributed by atoms with Gasteiger partial charge in [-0.1, -0.05) is 31.2 Å². The Morgan fingerprint density at radius 1 is 0.920 bits per heavy atom. The van der Waals surface area contributed by atoms with Crippen molar-refractivity contribution in [2.75, 3.05) is 13.2 Å². The number of carbonyl (C=O) groups is 2. The van der Waals surface area contributed by atoms with Crippen molar-refractivity contribution in [3.63, 3.8) is 0 Å². The average Bonchev–Trinajstić information content (AvgIpc) is 2.65. The molecule has 0 aliphatic heterocycles.